The number of benzene rings is 2. The van der Waals surface area contributed by atoms with Gasteiger partial charge >= 0.3 is 0 Å². The lowest BCUT2D eigenvalue weighted by Crippen LogP contribution is -1.93. The Bertz CT molecular complexity index is 660. The highest BCUT2D eigenvalue weighted by molar-refractivity contribution is 5.84. The van der Waals surface area contributed by atoms with Gasteiger partial charge in [0.05, 0.1) is 0 Å². The summed E-state index contributed by atoms with van der Waals surface area (Å²) in [5, 5.41) is 0. The van der Waals surface area contributed by atoms with Crippen molar-refractivity contribution in [2.75, 3.05) is 0 Å². The molecule has 0 heterocycles. The Balaban J connectivity index is 2.41. The van der Waals surface area contributed by atoms with E-state index in [-0.39, 0.29) is 0 Å². The van der Waals surface area contributed by atoms with Crippen LogP contribution in [0.15, 0.2) is 18.2 Å². The average Bonchev–Trinajstić information content (AvgIpc) is 2.71. The van der Waals surface area contributed by atoms with Gasteiger partial charge in [-0.1, -0.05) is 18.2 Å². The molecule has 3 rings (SSSR count). The minimum atomic E-state index is 1.11. The Labute approximate surface area is 110 Å². The number of fused-ring (bicyclic) bond motifs is 3. The van der Waals surface area contributed by atoms with Crippen LogP contribution in [0.2, 0.25) is 0 Å². The summed E-state index contributed by atoms with van der Waals surface area (Å²) in [6.45, 7) is 11.2. The van der Waals surface area contributed by atoms with Crippen LogP contribution in [0, 0.1) is 34.6 Å². The minimum absolute atomic E-state index is 1.11. The van der Waals surface area contributed by atoms with E-state index in [0.29, 0.717) is 0 Å². The van der Waals surface area contributed by atoms with Crippen molar-refractivity contribution in [1.82, 2.24) is 0 Å². The molecular weight excluding hydrogens is 216 g/mol. The quantitative estimate of drug-likeness (QED) is 0.526. The van der Waals surface area contributed by atoms with Crippen LogP contribution in [0.3, 0.4) is 0 Å². The Morgan fingerprint density at radius 3 is 2.11 bits per heavy atom. The van der Waals surface area contributed by atoms with E-state index in [9.17, 15) is 0 Å². The zero-order chi connectivity index (χ0) is 13.0. The van der Waals surface area contributed by atoms with Crippen LogP contribution in [-0.4, -0.2) is 0 Å². The lowest BCUT2D eigenvalue weighted by Gasteiger charge is -2.13. The normalized spacial score (nSPS) is 12.5. The van der Waals surface area contributed by atoms with E-state index in [1.165, 1.54) is 50.1 Å². The van der Waals surface area contributed by atoms with E-state index in [1.54, 1.807) is 0 Å². The molecule has 0 spiro atoms. The summed E-state index contributed by atoms with van der Waals surface area (Å²) in [7, 11) is 0. The number of hydrogen-bond donors (Lipinski definition) is 0. The number of aryl methyl sites for hydroxylation is 3. The van der Waals surface area contributed by atoms with Crippen LogP contribution in [-0.2, 0) is 6.42 Å². The second-order valence-electron chi connectivity index (χ2n) is 5.71. The van der Waals surface area contributed by atoms with Crippen LogP contribution in [0.1, 0.15) is 38.9 Å². The molecule has 0 nitrogen and oxygen atoms in total. The van der Waals surface area contributed by atoms with Gasteiger partial charge in [-0.3, -0.25) is 0 Å². The van der Waals surface area contributed by atoms with Gasteiger partial charge in [-0.2, -0.15) is 0 Å². The summed E-state index contributed by atoms with van der Waals surface area (Å²) in [4.78, 5) is 0. The van der Waals surface area contributed by atoms with Gasteiger partial charge in [-0.25, -0.2) is 0 Å². The fourth-order valence-electron chi connectivity index (χ4n) is 3.29. The maximum absolute atomic E-state index is 2.39. The second-order valence-corrected chi connectivity index (χ2v) is 5.71. The zero-order valence-corrected chi connectivity index (χ0v) is 11.9. The molecule has 0 aromatic heterocycles. The molecule has 0 atom stereocenters. The minimum Gasteiger partial charge on any atom is -0.0587 e. The molecule has 1 aliphatic carbocycles. The predicted octanol–water partition coefficient (Wildman–Crippen LogP) is 4.80. The Kier molecular flexibility index (Phi) is 2.38. The molecular formula is C18H20. The van der Waals surface area contributed by atoms with Gasteiger partial charge in [-0.05, 0) is 91.1 Å². The fourth-order valence-corrected chi connectivity index (χ4v) is 3.29. The molecule has 0 saturated carbocycles. The van der Waals surface area contributed by atoms with Crippen LogP contribution in [0.4, 0.5) is 0 Å². The monoisotopic (exact) mass is 236 g/mol. The number of hydrogen-bond acceptors (Lipinski definition) is 0. The third-order valence-corrected chi connectivity index (χ3v) is 4.61. The zero-order valence-electron chi connectivity index (χ0n) is 11.9. The average molecular weight is 236 g/mol. The highest BCUT2D eigenvalue weighted by Crippen LogP contribution is 2.43. The summed E-state index contributed by atoms with van der Waals surface area (Å²) in [6, 6.07) is 6.91. The van der Waals surface area contributed by atoms with E-state index < -0.39 is 0 Å². The topological polar surface area (TPSA) is 0 Å². The highest BCUT2D eigenvalue weighted by atomic mass is 14.3. The lowest BCUT2D eigenvalue weighted by molar-refractivity contribution is 1.18. The predicted molar refractivity (Wildman–Crippen MR) is 78.4 cm³/mol. The van der Waals surface area contributed by atoms with Gasteiger partial charge in [0.2, 0.25) is 0 Å². The molecule has 0 N–H and O–H groups in total. The molecule has 2 aromatic carbocycles. The first-order valence-corrected chi connectivity index (χ1v) is 6.70. The van der Waals surface area contributed by atoms with E-state index >= 15 is 0 Å². The van der Waals surface area contributed by atoms with E-state index in [1.807, 2.05) is 0 Å². The molecule has 2 aromatic rings. The SMILES string of the molecule is Cc1cc2c(c(C)c1C)-c1c(C)ccc(C)c1C2. The molecule has 0 amide bonds. The molecule has 0 radical (unpaired) electrons. The van der Waals surface area contributed by atoms with Crippen molar-refractivity contribution in [2.45, 2.75) is 41.0 Å². The van der Waals surface area contributed by atoms with Gasteiger partial charge in [-0.15, -0.1) is 0 Å². The summed E-state index contributed by atoms with van der Waals surface area (Å²) in [5.41, 5.74) is 13.3. The highest BCUT2D eigenvalue weighted by Gasteiger charge is 2.24. The third-order valence-electron chi connectivity index (χ3n) is 4.61. The van der Waals surface area contributed by atoms with Crippen molar-refractivity contribution in [3.8, 4) is 11.1 Å². The molecule has 0 fully saturated rings. The first kappa shape index (κ1) is 11.5. The standard InChI is InChI=1S/C18H20/c1-10-6-7-11(2)17-16(10)9-15-8-12(3)13(4)14(5)18(15)17/h6-8H,9H2,1-5H3. The molecule has 1 aliphatic rings. The molecule has 92 valence electrons. The van der Waals surface area contributed by atoms with Gasteiger partial charge in [0.15, 0.2) is 0 Å². The van der Waals surface area contributed by atoms with E-state index in [4.69, 9.17) is 0 Å². The summed E-state index contributed by atoms with van der Waals surface area (Å²) in [5.74, 6) is 0. The van der Waals surface area contributed by atoms with Crippen LogP contribution in [0.5, 0.6) is 0 Å². The van der Waals surface area contributed by atoms with Crippen LogP contribution >= 0.6 is 0 Å². The third kappa shape index (κ3) is 1.38. The summed E-state index contributed by atoms with van der Waals surface area (Å²) >= 11 is 0. The van der Waals surface area contributed by atoms with Crippen molar-refractivity contribution >= 4 is 0 Å². The lowest BCUT2D eigenvalue weighted by atomic mass is 9.91. The maximum atomic E-state index is 2.39. The van der Waals surface area contributed by atoms with Crippen molar-refractivity contribution in [3.63, 3.8) is 0 Å². The van der Waals surface area contributed by atoms with Gasteiger partial charge in [0.1, 0.15) is 0 Å². The first-order chi connectivity index (χ1) is 8.50. The van der Waals surface area contributed by atoms with E-state index in [2.05, 4.69) is 52.8 Å². The van der Waals surface area contributed by atoms with Gasteiger partial charge in [0.25, 0.3) is 0 Å². The first-order valence-electron chi connectivity index (χ1n) is 6.70. The largest absolute Gasteiger partial charge is 0.0587 e. The van der Waals surface area contributed by atoms with Crippen molar-refractivity contribution < 1.29 is 0 Å². The number of rotatable bonds is 0. The fraction of sp³-hybridized carbons (Fsp3) is 0.333. The molecule has 0 unspecified atom stereocenters. The molecule has 0 heteroatoms. The Morgan fingerprint density at radius 1 is 0.722 bits per heavy atom. The van der Waals surface area contributed by atoms with Crippen LogP contribution in [0.25, 0.3) is 11.1 Å². The molecule has 0 saturated heterocycles. The summed E-state index contributed by atoms with van der Waals surface area (Å²) < 4.78 is 0. The molecule has 18 heavy (non-hydrogen) atoms. The summed E-state index contributed by atoms with van der Waals surface area (Å²) in [6.07, 6.45) is 1.11. The van der Waals surface area contributed by atoms with Gasteiger partial charge in [0, 0.05) is 0 Å². The van der Waals surface area contributed by atoms with Crippen molar-refractivity contribution in [1.29, 1.82) is 0 Å². The Morgan fingerprint density at radius 2 is 1.39 bits per heavy atom. The molecule has 0 bridgehead atoms. The smallest absolute Gasteiger partial charge is 0.00105 e. The second kappa shape index (κ2) is 3.71. The maximum Gasteiger partial charge on any atom is -0.00105 e. The van der Waals surface area contributed by atoms with Crippen LogP contribution < -0.4 is 0 Å². The van der Waals surface area contributed by atoms with Crippen molar-refractivity contribution in [3.05, 3.63) is 57.1 Å². The molecule has 0 aliphatic heterocycles. The Hall–Kier alpha value is -1.56. The van der Waals surface area contributed by atoms with E-state index in [0.717, 1.165) is 6.42 Å². The van der Waals surface area contributed by atoms with Gasteiger partial charge < -0.3 is 0 Å². The van der Waals surface area contributed by atoms with Crippen molar-refractivity contribution in [2.24, 2.45) is 0 Å².